The summed E-state index contributed by atoms with van der Waals surface area (Å²) in [5.74, 6) is 0.523. The van der Waals surface area contributed by atoms with Crippen LogP contribution in [0.3, 0.4) is 0 Å². The Balaban J connectivity index is 1.38. The first kappa shape index (κ1) is 22.4. The number of fused-ring (bicyclic) bond motifs is 1. The minimum atomic E-state index is -4.43. The van der Waals surface area contributed by atoms with E-state index < -0.39 is 21.8 Å². The number of hydrogen-bond donors (Lipinski definition) is 1. The van der Waals surface area contributed by atoms with E-state index >= 15 is 0 Å². The molecule has 0 saturated heterocycles. The zero-order chi connectivity index (χ0) is 23.9. The lowest BCUT2D eigenvalue weighted by Gasteiger charge is -2.25. The van der Waals surface area contributed by atoms with Gasteiger partial charge in [0.05, 0.1) is 22.3 Å². The summed E-state index contributed by atoms with van der Waals surface area (Å²) in [6.07, 6.45) is -0.713. The zero-order valence-corrected chi connectivity index (χ0v) is 18.7. The molecule has 1 aliphatic heterocycles. The van der Waals surface area contributed by atoms with Gasteiger partial charge in [-0.25, -0.2) is 13.4 Å². The van der Waals surface area contributed by atoms with E-state index in [0.29, 0.717) is 28.9 Å². The fraction of sp³-hybridized carbons (Fsp3) is 0.160. The van der Waals surface area contributed by atoms with E-state index in [1.807, 2.05) is 24.3 Å². The van der Waals surface area contributed by atoms with Crippen LogP contribution < -0.4 is 0 Å². The summed E-state index contributed by atoms with van der Waals surface area (Å²) >= 11 is 0. The van der Waals surface area contributed by atoms with Crippen LogP contribution in [0.25, 0.3) is 27.6 Å². The molecule has 0 spiro atoms. The van der Waals surface area contributed by atoms with Gasteiger partial charge >= 0.3 is 6.18 Å². The summed E-state index contributed by atoms with van der Waals surface area (Å²) < 4.78 is 67.2. The Kier molecular flexibility index (Phi) is 5.53. The molecule has 1 aliphatic rings. The quantitative estimate of drug-likeness (QED) is 0.403. The Bertz CT molecular complexity index is 1500. The number of benzene rings is 3. The van der Waals surface area contributed by atoms with Gasteiger partial charge in [-0.1, -0.05) is 54.6 Å². The number of nitrogens with zero attached hydrogens (tertiary/aromatic N) is 2. The number of H-pyrrole nitrogens is 1. The van der Waals surface area contributed by atoms with Gasteiger partial charge in [0.1, 0.15) is 5.82 Å². The Morgan fingerprint density at radius 1 is 0.971 bits per heavy atom. The maximum Gasteiger partial charge on any atom is 0.416 e. The van der Waals surface area contributed by atoms with Gasteiger partial charge < -0.3 is 4.98 Å². The summed E-state index contributed by atoms with van der Waals surface area (Å²) in [4.78, 5) is 7.66. The predicted octanol–water partition coefficient (Wildman–Crippen LogP) is 5.73. The number of sulfonamides is 1. The smallest absolute Gasteiger partial charge is 0.338 e. The van der Waals surface area contributed by atoms with Gasteiger partial charge in [-0.3, -0.25) is 0 Å². The molecular weight excluding hydrogens is 463 g/mol. The molecule has 0 saturated carbocycles. The molecule has 0 bridgehead atoms. The molecule has 5 nitrogen and oxygen atoms in total. The number of imidazole rings is 1. The Labute approximate surface area is 194 Å². The maximum atomic E-state index is 13.3. The van der Waals surface area contributed by atoms with Gasteiger partial charge in [-0.2, -0.15) is 17.5 Å². The van der Waals surface area contributed by atoms with Crippen LogP contribution in [-0.4, -0.2) is 35.8 Å². The average Bonchev–Trinajstić information content (AvgIpc) is 3.34. The van der Waals surface area contributed by atoms with Gasteiger partial charge in [0, 0.05) is 24.0 Å². The first-order valence-electron chi connectivity index (χ1n) is 10.6. The molecule has 1 N–H and O–H groups in total. The lowest BCUT2D eigenvalue weighted by atomic mass is 10.1. The number of nitrogens with one attached hydrogen (secondary N) is 1. The van der Waals surface area contributed by atoms with Crippen LogP contribution in [-0.2, 0) is 16.2 Å². The third-order valence-corrected chi connectivity index (χ3v) is 7.84. The lowest BCUT2D eigenvalue weighted by Crippen LogP contribution is -2.34. The summed E-state index contributed by atoms with van der Waals surface area (Å²) in [5, 5.41) is 1.53. The average molecular weight is 484 g/mol. The molecule has 5 rings (SSSR count). The second-order valence-electron chi connectivity index (χ2n) is 8.04. The summed E-state index contributed by atoms with van der Waals surface area (Å²) in [5.41, 5.74) is 0.938. The highest BCUT2D eigenvalue weighted by atomic mass is 32.2. The number of halogens is 3. The minimum Gasteiger partial charge on any atom is -0.338 e. The predicted molar refractivity (Wildman–Crippen MR) is 124 cm³/mol. The van der Waals surface area contributed by atoms with Crippen molar-refractivity contribution in [1.82, 2.24) is 14.3 Å². The first-order valence-corrected chi connectivity index (χ1v) is 12.1. The minimum absolute atomic E-state index is 0.181. The molecule has 34 heavy (non-hydrogen) atoms. The number of aromatic nitrogens is 2. The van der Waals surface area contributed by atoms with Crippen LogP contribution in [0.4, 0.5) is 13.2 Å². The lowest BCUT2D eigenvalue weighted by molar-refractivity contribution is -0.137. The summed E-state index contributed by atoms with van der Waals surface area (Å²) in [6.45, 7) is 0.456. The van der Waals surface area contributed by atoms with Gasteiger partial charge in [0.25, 0.3) is 0 Å². The van der Waals surface area contributed by atoms with E-state index in [9.17, 15) is 21.6 Å². The van der Waals surface area contributed by atoms with Crippen molar-refractivity contribution in [3.05, 3.63) is 90.4 Å². The highest BCUT2D eigenvalue weighted by molar-refractivity contribution is 7.89. The molecule has 9 heteroatoms. The van der Waals surface area contributed by atoms with E-state index in [0.717, 1.165) is 23.1 Å². The van der Waals surface area contributed by atoms with Gasteiger partial charge in [0.2, 0.25) is 10.0 Å². The van der Waals surface area contributed by atoms with Crippen molar-refractivity contribution in [3.8, 4) is 11.3 Å². The zero-order valence-electron chi connectivity index (χ0n) is 17.9. The van der Waals surface area contributed by atoms with Crippen molar-refractivity contribution >= 4 is 26.4 Å². The van der Waals surface area contributed by atoms with Gasteiger partial charge in [-0.15, -0.1) is 0 Å². The van der Waals surface area contributed by atoms with Crippen LogP contribution in [0.2, 0.25) is 0 Å². The molecule has 4 aromatic rings. The van der Waals surface area contributed by atoms with Crippen molar-refractivity contribution in [3.63, 3.8) is 0 Å². The second-order valence-corrected chi connectivity index (χ2v) is 9.95. The van der Waals surface area contributed by atoms with E-state index in [2.05, 4.69) is 9.97 Å². The summed E-state index contributed by atoms with van der Waals surface area (Å²) in [6, 6.07) is 17.6. The highest BCUT2D eigenvalue weighted by Crippen LogP contribution is 2.33. The molecule has 2 heterocycles. The summed E-state index contributed by atoms with van der Waals surface area (Å²) in [7, 11) is -3.70. The third-order valence-electron chi connectivity index (χ3n) is 5.92. The maximum absolute atomic E-state index is 13.3. The van der Waals surface area contributed by atoms with Crippen molar-refractivity contribution in [2.45, 2.75) is 17.5 Å². The first-order chi connectivity index (χ1) is 16.2. The molecule has 0 aliphatic carbocycles. The van der Waals surface area contributed by atoms with Crippen molar-refractivity contribution in [1.29, 1.82) is 0 Å². The van der Waals surface area contributed by atoms with Crippen molar-refractivity contribution < 1.29 is 21.6 Å². The second kappa shape index (κ2) is 8.41. The Morgan fingerprint density at radius 2 is 1.74 bits per heavy atom. The van der Waals surface area contributed by atoms with E-state index in [-0.39, 0.29) is 18.0 Å². The normalized spacial score (nSPS) is 15.4. The van der Waals surface area contributed by atoms with Crippen LogP contribution in [0.1, 0.15) is 17.8 Å². The molecular formula is C25H20F3N3O2S. The number of rotatable bonds is 4. The monoisotopic (exact) mass is 483 g/mol. The fourth-order valence-corrected chi connectivity index (χ4v) is 5.73. The van der Waals surface area contributed by atoms with E-state index in [1.54, 1.807) is 30.3 Å². The van der Waals surface area contributed by atoms with Crippen LogP contribution in [0.5, 0.6) is 0 Å². The molecule has 0 atom stereocenters. The molecule has 0 amide bonds. The SMILES string of the molecule is O=S(=O)(c1cccc2ccccc12)N1CC=C(c2ncc(-c3cccc(C(F)(F)F)c3)[nH]2)CC1. The number of aromatic amines is 1. The Morgan fingerprint density at radius 3 is 2.50 bits per heavy atom. The molecule has 3 aromatic carbocycles. The van der Waals surface area contributed by atoms with Gasteiger partial charge in [0.15, 0.2) is 0 Å². The van der Waals surface area contributed by atoms with E-state index in [4.69, 9.17) is 0 Å². The standard InChI is InChI=1S/C25H20F3N3O2S/c26-25(27,28)20-8-3-7-19(15-20)22-16-29-24(30-22)18-11-13-31(14-12-18)34(32,33)23-10-4-6-17-5-1-2-9-21(17)23/h1-11,15-16H,12-14H2,(H,29,30). The number of hydrogen-bond acceptors (Lipinski definition) is 3. The van der Waals surface area contributed by atoms with Crippen LogP contribution in [0.15, 0.2) is 83.9 Å². The van der Waals surface area contributed by atoms with Crippen molar-refractivity contribution in [2.24, 2.45) is 0 Å². The van der Waals surface area contributed by atoms with Crippen molar-refractivity contribution in [2.75, 3.05) is 13.1 Å². The van der Waals surface area contributed by atoms with Crippen LogP contribution >= 0.6 is 0 Å². The largest absolute Gasteiger partial charge is 0.416 e. The molecule has 0 radical (unpaired) electrons. The third kappa shape index (κ3) is 4.12. The van der Waals surface area contributed by atoms with Crippen LogP contribution in [0, 0.1) is 0 Å². The topological polar surface area (TPSA) is 66.1 Å². The molecule has 1 aromatic heterocycles. The van der Waals surface area contributed by atoms with Gasteiger partial charge in [-0.05, 0) is 35.6 Å². The van der Waals surface area contributed by atoms with E-state index in [1.165, 1.54) is 16.6 Å². The molecule has 0 unspecified atom stereocenters. The fourth-order valence-electron chi connectivity index (χ4n) is 4.14. The Hall–Kier alpha value is -3.43. The number of alkyl halides is 3. The molecule has 0 fully saturated rings. The molecule has 174 valence electrons. The highest BCUT2D eigenvalue weighted by Gasteiger charge is 2.31.